The number of para-hydroxylation sites is 2. The Morgan fingerprint density at radius 2 is 1.27 bits per heavy atom. The van der Waals surface area contributed by atoms with E-state index in [1.165, 1.54) is 0 Å². The normalized spacial score (nSPS) is 20.3. The van der Waals surface area contributed by atoms with Gasteiger partial charge < -0.3 is 9.47 Å². The topological polar surface area (TPSA) is 74.3 Å². The standard InChI is InChI=1S/C22H22NO6P/c1-3-26-21(24)19-20(22(25)27-4-2)29-30(28-19)23-17-11-7-5-9-15(17)13-14-16-10-6-8-12-18(16)23/h5-14,19-20H,3-4H2,1-2H3/t19-,20-/m1/s1. The number of hydrogen-bond donors (Lipinski definition) is 0. The van der Waals surface area contributed by atoms with Gasteiger partial charge in [0.2, 0.25) is 12.2 Å². The van der Waals surface area contributed by atoms with Crippen molar-refractivity contribution in [3.05, 3.63) is 59.7 Å². The van der Waals surface area contributed by atoms with Crippen molar-refractivity contribution < 1.29 is 28.1 Å². The summed E-state index contributed by atoms with van der Waals surface area (Å²) < 4.78 is 24.2. The third-order valence-electron chi connectivity index (χ3n) is 4.66. The SMILES string of the molecule is CCOC(=O)[C@@H]1OP(N2c3ccccc3C=Cc3ccccc32)O[C@H]1C(=O)OCC. The number of esters is 2. The molecular weight excluding hydrogens is 405 g/mol. The number of rotatable bonds is 5. The van der Waals surface area contributed by atoms with E-state index in [0.717, 1.165) is 22.5 Å². The summed E-state index contributed by atoms with van der Waals surface area (Å²) in [7, 11) is -1.83. The van der Waals surface area contributed by atoms with Gasteiger partial charge in [0.1, 0.15) is 0 Å². The van der Waals surface area contributed by atoms with E-state index in [2.05, 4.69) is 0 Å². The molecule has 0 aliphatic carbocycles. The average Bonchev–Trinajstić information content (AvgIpc) is 3.12. The molecule has 4 rings (SSSR count). The van der Waals surface area contributed by atoms with Crippen LogP contribution in [0.25, 0.3) is 12.2 Å². The van der Waals surface area contributed by atoms with Crippen LogP contribution in [-0.2, 0) is 28.1 Å². The maximum absolute atomic E-state index is 12.5. The molecule has 0 saturated carbocycles. The van der Waals surface area contributed by atoms with E-state index >= 15 is 0 Å². The lowest BCUT2D eigenvalue weighted by Gasteiger charge is -2.29. The van der Waals surface area contributed by atoms with E-state index in [1.54, 1.807) is 13.8 Å². The predicted molar refractivity (Wildman–Crippen MR) is 114 cm³/mol. The molecule has 2 aromatic rings. The van der Waals surface area contributed by atoms with Crippen LogP contribution in [0.3, 0.4) is 0 Å². The molecule has 0 amide bonds. The van der Waals surface area contributed by atoms with Crippen LogP contribution in [0.1, 0.15) is 25.0 Å². The Kier molecular flexibility index (Phi) is 6.13. The second-order valence-electron chi connectivity index (χ2n) is 6.56. The molecule has 0 N–H and O–H groups in total. The molecule has 0 aromatic heterocycles. The van der Waals surface area contributed by atoms with Crippen molar-refractivity contribution in [2.45, 2.75) is 26.1 Å². The van der Waals surface area contributed by atoms with Gasteiger partial charge in [0.05, 0.1) is 24.6 Å². The largest absolute Gasteiger partial charge is 0.464 e. The lowest BCUT2D eigenvalue weighted by Crippen LogP contribution is -2.39. The molecular formula is C22H22NO6P. The first kappa shape index (κ1) is 20.5. The minimum Gasteiger partial charge on any atom is -0.464 e. The van der Waals surface area contributed by atoms with Crippen molar-refractivity contribution in [2.24, 2.45) is 0 Å². The smallest absolute Gasteiger partial charge is 0.339 e. The summed E-state index contributed by atoms with van der Waals surface area (Å²) in [5, 5.41) is 0. The van der Waals surface area contributed by atoms with Crippen molar-refractivity contribution >= 4 is 44.0 Å². The fraction of sp³-hybridized carbons (Fsp3) is 0.273. The zero-order valence-corrected chi connectivity index (χ0v) is 17.6. The van der Waals surface area contributed by atoms with E-state index in [4.69, 9.17) is 18.5 Å². The Morgan fingerprint density at radius 3 is 1.70 bits per heavy atom. The molecule has 2 aliphatic heterocycles. The Balaban J connectivity index is 1.75. The highest BCUT2D eigenvalue weighted by molar-refractivity contribution is 7.50. The van der Waals surface area contributed by atoms with E-state index in [0.29, 0.717) is 0 Å². The van der Waals surface area contributed by atoms with Crippen molar-refractivity contribution in [2.75, 3.05) is 17.9 Å². The number of hydrogen-bond acceptors (Lipinski definition) is 7. The van der Waals surface area contributed by atoms with E-state index in [1.807, 2.05) is 65.4 Å². The molecule has 7 nitrogen and oxygen atoms in total. The van der Waals surface area contributed by atoms with Gasteiger partial charge in [-0.25, -0.2) is 9.59 Å². The molecule has 30 heavy (non-hydrogen) atoms. The quantitative estimate of drug-likeness (QED) is 0.516. The molecule has 8 heteroatoms. The first-order valence-electron chi connectivity index (χ1n) is 9.77. The number of anilines is 2. The zero-order valence-electron chi connectivity index (χ0n) is 16.7. The fourth-order valence-corrected chi connectivity index (χ4v) is 5.07. The molecule has 0 spiro atoms. The number of ether oxygens (including phenoxy) is 2. The molecule has 2 heterocycles. The van der Waals surface area contributed by atoms with Gasteiger partial charge in [0.25, 0.3) is 8.53 Å². The molecule has 2 atom stereocenters. The summed E-state index contributed by atoms with van der Waals surface area (Å²) >= 11 is 0. The average molecular weight is 427 g/mol. The molecule has 0 radical (unpaired) electrons. The van der Waals surface area contributed by atoms with Gasteiger partial charge in [0.15, 0.2) is 0 Å². The van der Waals surface area contributed by atoms with Crippen LogP contribution in [0.15, 0.2) is 48.5 Å². The molecule has 2 aromatic carbocycles. The molecule has 0 unspecified atom stereocenters. The van der Waals surface area contributed by atoms with Crippen molar-refractivity contribution in [3.63, 3.8) is 0 Å². The highest BCUT2D eigenvalue weighted by Crippen LogP contribution is 2.59. The van der Waals surface area contributed by atoms with Gasteiger partial charge in [-0.3, -0.25) is 13.7 Å². The second-order valence-corrected chi connectivity index (χ2v) is 7.85. The minimum atomic E-state index is -1.83. The van der Waals surface area contributed by atoms with Crippen LogP contribution in [0.5, 0.6) is 0 Å². The third kappa shape index (κ3) is 3.84. The van der Waals surface area contributed by atoms with Gasteiger partial charge in [-0.05, 0) is 37.1 Å². The highest BCUT2D eigenvalue weighted by atomic mass is 31.2. The summed E-state index contributed by atoms with van der Waals surface area (Å²) in [6.07, 6.45) is 1.66. The molecule has 1 fully saturated rings. The fourth-order valence-electron chi connectivity index (χ4n) is 3.33. The van der Waals surface area contributed by atoms with Crippen LogP contribution >= 0.6 is 8.53 Å². The summed E-state index contributed by atoms with van der Waals surface area (Å²) in [5.41, 5.74) is 3.65. The van der Waals surface area contributed by atoms with Gasteiger partial charge in [-0.2, -0.15) is 0 Å². The van der Waals surface area contributed by atoms with Crippen molar-refractivity contribution in [1.29, 1.82) is 0 Å². The molecule has 2 aliphatic rings. The monoisotopic (exact) mass is 427 g/mol. The number of benzene rings is 2. The zero-order chi connectivity index (χ0) is 21.1. The Hall–Kier alpha value is -2.73. The predicted octanol–water partition coefficient (Wildman–Crippen LogP) is 4.45. The van der Waals surface area contributed by atoms with Crippen LogP contribution in [-0.4, -0.2) is 37.4 Å². The van der Waals surface area contributed by atoms with E-state index < -0.39 is 32.7 Å². The highest BCUT2D eigenvalue weighted by Gasteiger charge is 2.51. The van der Waals surface area contributed by atoms with Crippen LogP contribution < -0.4 is 4.67 Å². The lowest BCUT2D eigenvalue weighted by molar-refractivity contribution is -0.163. The first-order valence-corrected chi connectivity index (χ1v) is 10.9. The summed E-state index contributed by atoms with van der Waals surface area (Å²) in [6, 6.07) is 15.6. The Morgan fingerprint density at radius 1 is 0.833 bits per heavy atom. The summed E-state index contributed by atoms with van der Waals surface area (Å²) in [4.78, 5) is 25.0. The molecule has 0 bridgehead atoms. The summed E-state index contributed by atoms with van der Waals surface area (Å²) in [6.45, 7) is 3.74. The maximum atomic E-state index is 12.5. The van der Waals surface area contributed by atoms with E-state index in [-0.39, 0.29) is 13.2 Å². The van der Waals surface area contributed by atoms with Gasteiger partial charge in [-0.1, -0.05) is 48.6 Å². The van der Waals surface area contributed by atoms with Gasteiger partial charge >= 0.3 is 11.9 Å². The third-order valence-corrected chi connectivity index (χ3v) is 6.23. The number of carbonyl (C=O) groups excluding carboxylic acids is 2. The van der Waals surface area contributed by atoms with Gasteiger partial charge in [0, 0.05) is 0 Å². The van der Waals surface area contributed by atoms with Crippen LogP contribution in [0.2, 0.25) is 0 Å². The van der Waals surface area contributed by atoms with E-state index in [9.17, 15) is 9.59 Å². The lowest BCUT2D eigenvalue weighted by atomic mass is 10.1. The first-order chi connectivity index (χ1) is 14.6. The Labute approximate surface area is 176 Å². The van der Waals surface area contributed by atoms with Crippen molar-refractivity contribution in [1.82, 2.24) is 0 Å². The van der Waals surface area contributed by atoms with Crippen LogP contribution in [0.4, 0.5) is 11.4 Å². The van der Waals surface area contributed by atoms with Gasteiger partial charge in [-0.15, -0.1) is 0 Å². The number of fused-ring (bicyclic) bond motifs is 2. The maximum Gasteiger partial charge on any atom is 0.339 e. The number of nitrogens with zero attached hydrogens (tertiary/aromatic N) is 1. The Bertz CT molecular complexity index is 902. The minimum absolute atomic E-state index is 0.172. The second kappa shape index (κ2) is 8.96. The number of carbonyl (C=O) groups is 2. The summed E-state index contributed by atoms with van der Waals surface area (Å²) in [5.74, 6) is -1.29. The van der Waals surface area contributed by atoms with Crippen molar-refractivity contribution in [3.8, 4) is 0 Å². The molecule has 156 valence electrons. The van der Waals surface area contributed by atoms with Crippen LogP contribution in [0, 0.1) is 0 Å². The molecule has 1 saturated heterocycles.